The van der Waals surface area contributed by atoms with E-state index in [1.54, 1.807) is 54.3 Å². The first-order valence-electron chi connectivity index (χ1n) is 10.8. The van der Waals surface area contributed by atoms with Gasteiger partial charge >= 0.3 is 17.8 Å². The van der Waals surface area contributed by atoms with Gasteiger partial charge in [0.15, 0.2) is 0 Å². The van der Waals surface area contributed by atoms with Crippen molar-refractivity contribution in [3.05, 3.63) is 70.8 Å². The Morgan fingerprint density at radius 3 is 2.44 bits per heavy atom. The number of carbonyl (C=O) groups is 4. The number of ether oxygens (including phenoxy) is 1. The number of hydrogen-bond donors (Lipinski definition) is 2. The second-order valence-electron chi connectivity index (χ2n) is 8.13. The van der Waals surface area contributed by atoms with Crippen LogP contribution in [0.5, 0.6) is 0 Å². The zero-order valence-corrected chi connectivity index (χ0v) is 19.5. The molecule has 2 N–H and O–H groups in total. The molecule has 1 aromatic carbocycles. The third-order valence-electron chi connectivity index (χ3n) is 5.08. The normalized spacial score (nSPS) is 14.7. The molecule has 0 saturated heterocycles. The number of anilines is 1. The van der Waals surface area contributed by atoms with Crippen molar-refractivity contribution >= 4 is 35.5 Å². The number of nitrogens with one attached hydrogen (secondary N) is 2. The summed E-state index contributed by atoms with van der Waals surface area (Å²) in [6, 6.07) is 11.8. The summed E-state index contributed by atoms with van der Waals surface area (Å²) in [4.78, 5) is 51.0. The van der Waals surface area contributed by atoms with Gasteiger partial charge in [0.25, 0.3) is 5.91 Å². The molecule has 0 spiro atoms. The van der Waals surface area contributed by atoms with E-state index in [1.165, 1.54) is 13.2 Å². The lowest BCUT2D eigenvalue weighted by molar-refractivity contribution is -0.136. The van der Waals surface area contributed by atoms with Crippen molar-refractivity contribution in [2.45, 2.75) is 27.3 Å². The van der Waals surface area contributed by atoms with Crippen molar-refractivity contribution in [3.8, 4) is 0 Å². The topological polar surface area (TPSA) is 118 Å². The molecule has 0 atom stereocenters. The number of carbonyl (C=O) groups excluding carboxylic acids is 4. The van der Waals surface area contributed by atoms with Crippen molar-refractivity contribution < 1.29 is 28.3 Å². The first kappa shape index (κ1) is 24.5. The van der Waals surface area contributed by atoms with Crippen LogP contribution in [0.15, 0.2) is 63.7 Å². The Labute approximate surface area is 197 Å². The van der Waals surface area contributed by atoms with E-state index >= 15 is 0 Å². The van der Waals surface area contributed by atoms with Gasteiger partial charge in [-0.3, -0.25) is 14.4 Å². The van der Waals surface area contributed by atoms with Crippen LogP contribution in [0, 0.1) is 5.92 Å². The number of para-hydroxylation sites is 1. The molecule has 1 aliphatic rings. The number of nitrogens with zero attached hydrogens (tertiary/aromatic N) is 1. The van der Waals surface area contributed by atoms with Gasteiger partial charge in [-0.2, -0.15) is 0 Å². The van der Waals surface area contributed by atoms with Crippen molar-refractivity contribution in [1.29, 1.82) is 0 Å². The maximum Gasteiger partial charge on any atom is 0.340 e. The second kappa shape index (κ2) is 10.7. The number of esters is 1. The van der Waals surface area contributed by atoms with Crippen LogP contribution in [-0.4, -0.2) is 42.2 Å². The molecule has 2 heterocycles. The standard InChI is InChI=1S/C25H27N3O6/c1-15(2)14-28-16(3)21(25(32)33-4)20(24(28)31)12-18-10-11-19(34-18)13-26-22(29)23(30)27-17-8-6-5-7-9-17/h5-12,15H,13-14H2,1-4H3,(H,26,29)(H,27,30)/b20-12+. The summed E-state index contributed by atoms with van der Waals surface area (Å²) < 4.78 is 10.6. The summed E-state index contributed by atoms with van der Waals surface area (Å²) >= 11 is 0. The highest BCUT2D eigenvalue weighted by molar-refractivity contribution is 6.39. The quantitative estimate of drug-likeness (QED) is 0.369. The SMILES string of the molecule is COC(=O)C1=C(C)N(CC(C)C)C(=O)/C1=C/c1ccc(CNC(=O)C(=O)Nc2ccccc2)o1. The minimum atomic E-state index is -0.818. The fourth-order valence-electron chi connectivity index (χ4n) is 3.48. The molecule has 34 heavy (non-hydrogen) atoms. The molecule has 2 aromatic rings. The number of allylic oxidation sites excluding steroid dienone is 1. The molecule has 178 valence electrons. The van der Waals surface area contributed by atoms with E-state index < -0.39 is 17.8 Å². The lowest BCUT2D eigenvalue weighted by Gasteiger charge is -2.19. The summed E-state index contributed by atoms with van der Waals surface area (Å²) in [6.07, 6.45) is 1.48. The maximum absolute atomic E-state index is 13.0. The van der Waals surface area contributed by atoms with Crippen LogP contribution in [0.4, 0.5) is 5.69 Å². The minimum Gasteiger partial charge on any atom is -0.465 e. The lowest BCUT2D eigenvalue weighted by Crippen LogP contribution is -2.34. The predicted molar refractivity (Wildman–Crippen MR) is 125 cm³/mol. The van der Waals surface area contributed by atoms with Gasteiger partial charge < -0.3 is 24.7 Å². The molecule has 3 rings (SSSR count). The summed E-state index contributed by atoms with van der Waals surface area (Å²) in [5.41, 5.74) is 1.40. The molecule has 1 aromatic heterocycles. The molecule has 0 bridgehead atoms. The van der Waals surface area contributed by atoms with Crippen LogP contribution < -0.4 is 10.6 Å². The molecule has 9 nitrogen and oxygen atoms in total. The van der Waals surface area contributed by atoms with Gasteiger partial charge in [0.05, 0.1) is 24.8 Å². The summed E-state index contributed by atoms with van der Waals surface area (Å²) in [7, 11) is 1.26. The lowest BCUT2D eigenvalue weighted by atomic mass is 10.1. The highest BCUT2D eigenvalue weighted by atomic mass is 16.5. The van der Waals surface area contributed by atoms with E-state index in [1.807, 2.05) is 13.8 Å². The zero-order chi connectivity index (χ0) is 24.8. The largest absolute Gasteiger partial charge is 0.465 e. The smallest absolute Gasteiger partial charge is 0.340 e. The molecular formula is C25H27N3O6. The summed E-state index contributed by atoms with van der Waals surface area (Å²) in [5, 5.41) is 4.98. The van der Waals surface area contributed by atoms with Crippen LogP contribution in [0.25, 0.3) is 6.08 Å². The molecule has 3 amide bonds. The molecule has 0 saturated carbocycles. The fourth-order valence-corrected chi connectivity index (χ4v) is 3.48. The highest BCUT2D eigenvalue weighted by Gasteiger charge is 2.37. The first-order chi connectivity index (χ1) is 16.2. The zero-order valence-electron chi connectivity index (χ0n) is 19.5. The van der Waals surface area contributed by atoms with Gasteiger partial charge in [0, 0.05) is 17.9 Å². The van der Waals surface area contributed by atoms with Crippen molar-refractivity contribution in [2.75, 3.05) is 19.0 Å². The third-order valence-corrected chi connectivity index (χ3v) is 5.08. The van der Waals surface area contributed by atoms with E-state index in [2.05, 4.69) is 10.6 Å². The Kier molecular flexibility index (Phi) is 7.68. The van der Waals surface area contributed by atoms with E-state index in [0.29, 0.717) is 29.4 Å². The van der Waals surface area contributed by atoms with Crippen LogP contribution in [0.2, 0.25) is 0 Å². The average Bonchev–Trinajstić information content (AvgIpc) is 3.35. The Balaban J connectivity index is 1.70. The van der Waals surface area contributed by atoms with Crippen molar-refractivity contribution in [3.63, 3.8) is 0 Å². The van der Waals surface area contributed by atoms with E-state index in [9.17, 15) is 19.2 Å². The number of rotatable bonds is 7. The van der Waals surface area contributed by atoms with Crippen LogP contribution in [-0.2, 0) is 30.5 Å². The molecule has 1 aliphatic heterocycles. The van der Waals surface area contributed by atoms with Crippen LogP contribution in [0.3, 0.4) is 0 Å². The Morgan fingerprint density at radius 1 is 1.09 bits per heavy atom. The van der Waals surface area contributed by atoms with Gasteiger partial charge in [-0.05, 0) is 43.2 Å². The molecule has 0 aliphatic carbocycles. The van der Waals surface area contributed by atoms with Crippen molar-refractivity contribution in [2.24, 2.45) is 5.92 Å². The van der Waals surface area contributed by atoms with Gasteiger partial charge in [-0.1, -0.05) is 32.0 Å². The van der Waals surface area contributed by atoms with Crippen LogP contribution >= 0.6 is 0 Å². The number of benzene rings is 1. The van der Waals surface area contributed by atoms with Crippen LogP contribution in [0.1, 0.15) is 32.3 Å². The Morgan fingerprint density at radius 2 is 1.79 bits per heavy atom. The molecule has 0 radical (unpaired) electrons. The Hall–Kier alpha value is -4.14. The van der Waals surface area contributed by atoms with E-state index in [0.717, 1.165) is 0 Å². The fraction of sp³-hybridized carbons (Fsp3) is 0.280. The van der Waals surface area contributed by atoms with E-state index in [4.69, 9.17) is 9.15 Å². The van der Waals surface area contributed by atoms with E-state index in [-0.39, 0.29) is 29.5 Å². The number of amides is 3. The second-order valence-corrected chi connectivity index (χ2v) is 8.13. The summed E-state index contributed by atoms with van der Waals surface area (Å²) in [6.45, 7) is 6.09. The number of methoxy groups -OCH3 is 1. The third kappa shape index (κ3) is 5.61. The highest BCUT2D eigenvalue weighted by Crippen LogP contribution is 2.32. The molecule has 0 unspecified atom stereocenters. The van der Waals surface area contributed by atoms with Gasteiger partial charge in [-0.25, -0.2) is 4.79 Å². The average molecular weight is 466 g/mol. The number of hydrogen-bond acceptors (Lipinski definition) is 6. The molecule has 9 heteroatoms. The number of furan rings is 1. The van der Waals surface area contributed by atoms with Gasteiger partial charge in [-0.15, -0.1) is 0 Å². The maximum atomic E-state index is 13.0. The first-order valence-corrected chi connectivity index (χ1v) is 10.8. The Bertz CT molecular complexity index is 1160. The van der Waals surface area contributed by atoms with Gasteiger partial charge in [0.1, 0.15) is 11.5 Å². The minimum absolute atomic E-state index is 0.0314. The monoisotopic (exact) mass is 465 g/mol. The molecule has 0 fully saturated rings. The predicted octanol–water partition coefficient (Wildman–Crippen LogP) is 2.86. The summed E-state index contributed by atoms with van der Waals surface area (Å²) in [5.74, 6) is -1.64. The molecular weight excluding hydrogens is 438 g/mol. The van der Waals surface area contributed by atoms with Crippen molar-refractivity contribution in [1.82, 2.24) is 10.2 Å². The van der Waals surface area contributed by atoms with Gasteiger partial charge in [0.2, 0.25) is 0 Å².